The summed E-state index contributed by atoms with van der Waals surface area (Å²) in [6.45, 7) is 6.64. The fourth-order valence-corrected chi connectivity index (χ4v) is 0. The van der Waals surface area contributed by atoms with Crippen molar-refractivity contribution in [2.45, 2.75) is 27.2 Å². The zero-order chi connectivity index (χ0) is 4.28. The molecule has 8 heavy (non-hydrogen) atoms. The van der Waals surface area contributed by atoms with Gasteiger partial charge < -0.3 is 24.8 Å². The molecule has 0 aliphatic rings. The Morgan fingerprint density at radius 1 is 1.12 bits per heavy atom. The summed E-state index contributed by atoms with van der Waals surface area (Å²) in [7, 11) is 0. The maximum Gasteiger partial charge on any atom is 2.00 e. The molecule has 0 unspecified atom stereocenters. The summed E-state index contributed by atoms with van der Waals surface area (Å²) in [5.74, 6) is 0.884. The Bertz CT molecular complexity index is 24.4. The van der Waals surface area contributed by atoms with E-state index in [9.17, 15) is 0 Å². The van der Waals surface area contributed by atoms with Gasteiger partial charge >= 0.3 is 23.1 Å². The van der Waals surface area contributed by atoms with Crippen LogP contribution in [0.5, 0.6) is 0 Å². The molecule has 0 aliphatic heterocycles. The van der Waals surface area contributed by atoms with Crippen LogP contribution in [0.3, 0.4) is 0 Å². The van der Waals surface area contributed by atoms with Crippen LogP contribution in [0.15, 0.2) is 0 Å². The molecule has 0 amide bonds. The first-order chi connectivity index (χ1) is 2.27. The van der Waals surface area contributed by atoms with E-state index in [4.69, 9.17) is 0 Å². The van der Waals surface area contributed by atoms with E-state index < -0.39 is 0 Å². The molecule has 0 saturated heterocycles. The first-order valence-electron chi connectivity index (χ1n) is 2.27. The summed E-state index contributed by atoms with van der Waals surface area (Å²) in [4.78, 5) is 0. The standard InChI is InChI=1S/C5H12.2ClH.Mg/c1-4-5(2)3;;;/h5H,4H2,1-3H3;2*1H;/q;;;+2/p-2. The normalized spacial score (nSPS) is 6.00. The second kappa shape index (κ2) is 15.8. The van der Waals surface area contributed by atoms with Gasteiger partial charge in [-0.2, -0.15) is 0 Å². The molecule has 0 bridgehead atoms. The Morgan fingerprint density at radius 3 is 1.25 bits per heavy atom. The third-order valence-corrected chi connectivity index (χ3v) is 0.816. The topological polar surface area (TPSA) is 0 Å². The van der Waals surface area contributed by atoms with E-state index in [2.05, 4.69) is 20.8 Å². The molecule has 0 aromatic carbocycles. The maximum absolute atomic E-state index is 2.22. The molecular formula is C5H12Cl2Mg. The minimum absolute atomic E-state index is 0. The predicted octanol–water partition coefficient (Wildman–Crippen LogP) is -4.32. The molecule has 0 radical (unpaired) electrons. The van der Waals surface area contributed by atoms with Crippen molar-refractivity contribution in [1.82, 2.24) is 0 Å². The third-order valence-electron chi connectivity index (χ3n) is 0.816. The molecule has 0 N–H and O–H groups in total. The van der Waals surface area contributed by atoms with Gasteiger partial charge in [0.25, 0.3) is 0 Å². The zero-order valence-electron chi connectivity index (χ0n) is 5.75. The molecule has 0 atom stereocenters. The monoisotopic (exact) mass is 166 g/mol. The number of rotatable bonds is 1. The van der Waals surface area contributed by atoms with Crippen LogP contribution in [0.4, 0.5) is 0 Å². The van der Waals surface area contributed by atoms with E-state index in [1.54, 1.807) is 0 Å². The van der Waals surface area contributed by atoms with Gasteiger partial charge in [-0.3, -0.25) is 0 Å². The van der Waals surface area contributed by atoms with Crippen molar-refractivity contribution in [2.24, 2.45) is 5.92 Å². The third kappa shape index (κ3) is 26.4. The van der Waals surface area contributed by atoms with Crippen LogP contribution in [0.2, 0.25) is 0 Å². The van der Waals surface area contributed by atoms with E-state index in [1.165, 1.54) is 6.42 Å². The quantitative estimate of drug-likeness (QED) is 0.347. The van der Waals surface area contributed by atoms with Gasteiger partial charge in [0.05, 0.1) is 0 Å². The van der Waals surface area contributed by atoms with E-state index in [1.807, 2.05) is 0 Å². The van der Waals surface area contributed by atoms with Gasteiger partial charge in [-0.25, -0.2) is 0 Å². The summed E-state index contributed by atoms with van der Waals surface area (Å²) in [6, 6.07) is 0. The second-order valence-electron chi connectivity index (χ2n) is 1.80. The number of hydrogen-bond acceptors (Lipinski definition) is 0. The predicted molar refractivity (Wildman–Crippen MR) is 30.9 cm³/mol. The van der Waals surface area contributed by atoms with Gasteiger partial charge in [0, 0.05) is 0 Å². The van der Waals surface area contributed by atoms with Gasteiger partial charge in [-0.15, -0.1) is 0 Å². The van der Waals surface area contributed by atoms with Crippen LogP contribution in [0.25, 0.3) is 0 Å². The smallest absolute Gasteiger partial charge is 1.00 e. The van der Waals surface area contributed by atoms with Crippen LogP contribution >= 0.6 is 0 Å². The summed E-state index contributed by atoms with van der Waals surface area (Å²) >= 11 is 0. The molecule has 0 heterocycles. The van der Waals surface area contributed by atoms with Crippen molar-refractivity contribution in [3.63, 3.8) is 0 Å². The van der Waals surface area contributed by atoms with E-state index >= 15 is 0 Å². The molecular weight excluding hydrogens is 155 g/mol. The van der Waals surface area contributed by atoms with Gasteiger partial charge in [0.15, 0.2) is 0 Å². The van der Waals surface area contributed by atoms with E-state index in [0.717, 1.165) is 5.92 Å². The van der Waals surface area contributed by atoms with Crippen molar-refractivity contribution < 1.29 is 24.8 Å². The van der Waals surface area contributed by atoms with Crippen LogP contribution in [0.1, 0.15) is 27.2 Å². The minimum atomic E-state index is 0. The fourth-order valence-electron chi connectivity index (χ4n) is 0. The Hall–Kier alpha value is 1.35. The molecule has 3 heteroatoms. The average Bonchev–Trinajstić information content (AvgIpc) is 1.38. The molecule has 0 aliphatic carbocycles. The largest absolute Gasteiger partial charge is 2.00 e. The molecule has 0 saturated carbocycles. The van der Waals surface area contributed by atoms with Gasteiger partial charge in [-0.05, 0) is 5.92 Å². The van der Waals surface area contributed by atoms with Crippen molar-refractivity contribution in [2.75, 3.05) is 0 Å². The maximum atomic E-state index is 2.22. The van der Waals surface area contributed by atoms with Crippen molar-refractivity contribution >= 4 is 23.1 Å². The first-order valence-corrected chi connectivity index (χ1v) is 2.27. The molecule has 0 spiro atoms. The SMILES string of the molecule is CCC(C)C.[Cl-].[Cl-].[Mg+2]. The summed E-state index contributed by atoms with van der Waals surface area (Å²) in [5.41, 5.74) is 0. The average molecular weight is 167 g/mol. The van der Waals surface area contributed by atoms with Crippen molar-refractivity contribution in [3.05, 3.63) is 0 Å². The number of hydrogen-bond donors (Lipinski definition) is 0. The second-order valence-corrected chi connectivity index (χ2v) is 1.80. The van der Waals surface area contributed by atoms with E-state index in [-0.39, 0.29) is 47.9 Å². The number of halogens is 2. The summed E-state index contributed by atoms with van der Waals surface area (Å²) < 4.78 is 0. The molecule has 0 nitrogen and oxygen atoms in total. The van der Waals surface area contributed by atoms with Crippen LogP contribution in [-0.4, -0.2) is 23.1 Å². The minimum Gasteiger partial charge on any atom is -1.00 e. The Morgan fingerprint density at radius 2 is 1.25 bits per heavy atom. The van der Waals surface area contributed by atoms with Gasteiger partial charge in [0.2, 0.25) is 0 Å². The fraction of sp³-hybridized carbons (Fsp3) is 1.00. The molecule has 0 fully saturated rings. The van der Waals surface area contributed by atoms with E-state index in [0.29, 0.717) is 0 Å². The summed E-state index contributed by atoms with van der Waals surface area (Å²) in [5, 5.41) is 0. The molecule has 48 valence electrons. The Balaban J connectivity index is -0.0000000267. The zero-order valence-corrected chi connectivity index (χ0v) is 8.67. The van der Waals surface area contributed by atoms with Crippen LogP contribution in [0, 0.1) is 5.92 Å². The molecule has 0 aromatic heterocycles. The summed E-state index contributed by atoms with van der Waals surface area (Å²) in [6.07, 6.45) is 1.31. The van der Waals surface area contributed by atoms with Crippen LogP contribution in [-0.2, 0) is 0 Å². The Kier molecular flexibility index (Phi) is 44.9. The van der Waals surface area contributed by atoms with Gasteiger partial charge in [-0.1, -0.05) is 27.2 Å². The Labute approximate surface area is 80.8 Å². The van der Waals surface area contributed by atoms with Crippen molar-refractivity contribution in [1.29, 1.82) is 0 Å². The van der Waals surface area contributed by atoms with Crippen LogP contribution < -0.4 is 24.8 Å². The van der Waals surface area contributed by atoms with Gasteiger partial charge in [0.1, 0.15) is 0 Å². The molecule has 0 aromatic rings. The first kappa shape index (κ1) is 22.8. The molecule has 0 rings (SSSR count). The van der Waals surface area contributed by atoms with Crippen molar-refractivity contribution in [3.8, 4) is 0 Å².